The Morgan fingerprint density at radius 1 is 1.10 bits per heavy atom. The molecular formula is C18H23NO2. The van der Waals surface area contributed by atoms with Crippen LogP contribution in [0, 0.1) is 0 Å². The maximum atomic E-state index is 11.8. The van der Waals surface area contributed by atoms with Gasteiger partial charge in [0.1, 0.15) is 5.60 Å². The largest absolute Gasteiger partial charge is 0.457 e. The van der Waals surface area contributed by atoms with Crippen molar-refractivity contribution in [2.45, 2.75) is 55.6 Å². The van der Waals surface area contributed by atoms with E-state index in [1.165, 1.54) is 11.1 Å². The summed E-state index contributed by atoms with van der Waals surface area (Å²) < 4.78 is 6.02. The van der Waals surface area contributed by atoms with E-state index in [1.54, 1.807) is 6.92 Å². The van der Waals surface area contributed by atoms with Crippen molar-refractivity contribution < 1.29 is 9.53 Å². The molecule has 2 fully saturated rings. The standard InChI is InChI=1S/C18H23NO2/c1-12(20)21-18-10-13-8-17(18,19(2)3)9-14(11-18)16-7-5-4-6-15(13)16/h4-7,13-14H,8-11H2,1-3H3/t13-,14+,17?,18?. The second-order valence-corrected chi connectivity index (χ2v) is 7.35. The highest BCUT2D eigenvalue weighted by atomic mass is 16.6. The molecule has 3 nitrogen and oxygen atoms in total. The Hall–Kier alpha value is -1.35. The van der Waals surface area contributed by atoms with Crippen LogP contribution in [0.2, 0.25) is 0 Å². The van der Waals surface area contributed by atoms with Crippen molar-refractivity contribution in [1.29, 1.82) is 0 Å². The fourth-order valence-corrected chi connectivity index (χ4v) is 5.59. The topological polar surface area (TPSA) is 29.5 Å². The molecule has 0 aromatic heterocycles. The number of ether oxygens (including phenoxy) is 1. The third-order valence-corrected chi connectivity index (χ3v) is 6.24. The van der Waals surface area contributed by atoms with Gasteiger partial charge in [-0.15, -0.1) is 0 Å². The maximum Gasteiger partial charge on any atom is 0.303 e. The number of nitrogens with zero attached hydrogens (tertiary/aromatic N) is 1. The summed E-state index contributed by atoms with van der Waals surface area (Å²) in [5.74, 6) is 0.916. The fraction of sp³-hybridized carbons (Fsp3) is 0.611. The van der Waals surface area contributed by atoms with Gasteiger partial charge >= 0.3 is 5.97 Å². The van der Waals surface area contributed by atoms with Gasteiger partial charge < -0.3 is 4.74 Å². The van der Waals surface area contributed by atoms with Gasteiger partial charge in [0.15, 0.2) is 0 Å². The highest BCUT2D eigenvalue weighted by Crippen LogP contribution is 2.67. The van der Waals surface area contributed by atoms with Gasteiger partial charge in [0.25, 0.3) is 0 Å². The first-order valence-corrected chi connectivity index (χ1v) is 7.93. The maximum absolute atomic E-state index is 11.8. The summed E-state index contributed by atoms with van der Waals surface area (Å²) in [4.78, 5) is 14.1. The molecule has 1 aromatic carbocycles. The highest BCUT2D eigenvalue weighted by Gasteiger charge is 2.69. The molecule has 3 heteroatoms. The van der Waals surface area contributed by atoms with E-state index in [2.05, 4.69) is 43.3 Å². The zero-order valence-electron chi connectivity index (χ0n) is 13.1. The van der Waals surface area contributed by atoms with E-state index in [0.717, 1.165) is 25.7 Å². The van der Waals surface area contributed by atoms with E-state index in [1.807, 2.05) is 0 Å². The number of carbonyl (C=O) groups excluding carboxylic acids is 1. The molecule has 4 aliphatic rings. The van der Waals surface area contributed by atoms with Crippen LogP contribution in [-0.2, 0) is 9.53 Å². The molecule has 2 saturated carbocycles. The second-order valence-electron chi connectivity index (χ2n) is 7.35. The van der Waals surface area contributed by atoms with Crippen LogP contribution in [0.1, 0.15) is 55.6 Å². The Balaban J connectivity index is 1.89. The van der Waals surface area contributed by atoms with Crippen LogP contribution in [0.25, 0.3) is 0 Å². The zero-order chi connectivity index (χ0) is 14.8. The van der Waals surface area contributed by atoms with Gasteiger partial charge in [0.05, 0.1) is 5.54 Å². The summed E-state index contributed by atoms with van der Waals surface area (Å²) in [7, 11) is 4.30. The lowest BCUT2D eigenvalue weighted by atomic mass is 9.84. The van der Waals surface area contributed by atoms with Gasteiger partial charge in [0.2, 0.25) is 0 Å². The van der Waals surface area contributed by atoms with E-state index < -0.39 is 0 Å². The average molecular weight is 285 g/mol. The van der Waals surface area contributed by atoms with Crippen LogP contribution in [0.4, 0.5) is 0 Å². The first-order valence-electron chi connectivity index (χ1n) is 7.93. The lowest BCUT2D eigenvalue weighted by molar-refractivity contribution is -0.167. The van der Waals surface area contributed by atoms with Gasteiger partial charge in [-0.2, -0.15) is 0 Å². The minimum atomic E-state index is -0.295. The predicted octanol–water partition coefficient (Wildman–Crippen LogP) is 3.06. The van der Waals surface area contributed by atoms with Crippen molar-refractivity contribution in [3.05, 3.63) is 35.4 Å². The number of rotatable bonds is 2. The lowest BCUT2D eigenvalue weighted by Gasteiger charge is -2.44. The predicted molar refractivity (Wildman–Crippen MR) is 81.3 cm³/mol. The summed E-state index contributed by atoms with van der Waals surface area (Å²) in [6, 6.07) is 8.87. The smallest absolute Gasteiger partial charge is 0.303 e. The van der Waals surface area contributed by atoms with Gasteiger partial charge in [-0.3, -0.25) is 9.69 Å². The molecule has 0 radical (unpaired) electrons. The van der Waals surface area contributed by atoms with Crippen molar-refractivity contribution >= 4 is 5.97 Å². The van der Waals surface area contributed by atoms with Crippen molar-refractivity contribution in [2.24, 2.45) is 0 Å². The second kappa shape index (κ2) is 4.10. The SMILES string of the molecule is CC(=O)OC12C[C@@H]3CC1(N(C)C)C[C@H](C2)c1ccccc13. The van der Waals surface area contributed by atoms with Crippen LogP contribution in [0.15, 0.2) is 24.3 Å². The van der Waals surface area contributed by atoms with E-state index in [4.69, 9.17) is 4.74 Å². The normalized spacial score (nSPS) is 39.4. The van der Waals surface area contributed by atoms with Crippen LogP contribution >= 0.6 is 0 Å². The zero-order valence-corrected chi connectivity index (χ0v) is 13.1. The Morgan fingerprint density at radius 3 is 2.05 bits per heavy atom. The van der Waals surface area contributed by atoms with Crippen LogP contribution in [-0.4, -0.2) is 36.1 Å². The summed E-state index contributed by atoms with van der Waals surface area (Å²) in [6.07, 6.45) is 4.19. The minimum Gasteiger partial charge on any atom is -0.457 e. The summed E-state index contributed by atoms with van der Waals surface area (Å²) in [6.45, 7) is 1.56. The number of carbonyl (C=O) groups is 1. The molecule has 0 saturated heterocycles. The number of likely N-dealkylation sites (N-methyl/N-ethyl adjacent to an activating group) is 1. The third kappa shape index (κ3) is 1.56. The lowest BCUT2D eigenvalue weighted by Crippen LogP contribution is -2.57. The molecule has 5 rings (SSSR count). The Morgan fingerprint density at radius 2 is 1.62 bits per heavy atom. The van der Waals surface area contributed by atoms with Crippen LogP contribution < -0.4 is 0 Å². The highest BCUT2D eigenvalue weighted by molar-refractivity contribution is 5.67. The Kier molecular flexibility index (Phi) is 2.60. The molecule has 0 heterocycles. The monoisotopic (exact) mass is 285 g/mol. The number of hydrogen-bond donors (Lipinski definition) is 0. The first-order chi connectivity index (χ1) is 9.97. The fourth-order valence-electron chi connectivity index (χ4n) is 5.59. The van der Waals surface area contributed by atoms with E-state index >= 15 is 0 Å². The summed E-state index contributed by atoms with van der Waals surface area (Å²) >= 11 is 0. The minimum absolute atomic E-state index is 0.00697. The quantitative estimate of drug-likeness (QED) is 0.782. The molecule has 0 N–H and O–H groups in total. The molecule has 4 aliphatic carbocycles. The van der Waals surface area contributed by atoms with Gasteiger partial charge in [-0.1, -0.05) is 24.3 Å². The third-order valence-electron chi connectivity index (χ3n) is 6.24. The summed E-state index contributed by atoms with van der Waals surface area (Å²) in [5, 5.41) is 0. The van der Waals surface area contributed by atoms with Gasteiger partial charge in [0, 0.05) is 6.92 Å². The van der Waals surface area contributed by atoms with Gasteiger partial charge in [-0.25, -0.2) is 0 Å². The average Bonchev–Trinajstić information content (AvgIpc) is 2.77. The Labute approximate surface area is 126 Å². The van der Waals surface area contributed by atoms with Crippen molar-refractivity contribution in [1.82, 2.24) is 4.90 Å². The van der Waals surface area contributed by atoms with E-state index in [-0.39, 0.29) is 17.1 Å². The van der Waals surface area contributed by atoms with Gasteiger partial charge in [-0.05, 0) is 62.7 Å². The molecule has 4 atom stereocenters. The van der Waals surface area contributed by atoms with Crippen LogP contribution in [0.3, 0.4) is 0 Å². The molecule has 1 aromatic rings. The first kappa shape index (κ1) is 13.3. The molecule has 112 valence electrons. The van der Waals surface area contributed by atoms with Crippen molar-refractivity contribution in [2.75, 3.05) is 14.1 Å². The van der Waals surface area contributed by atoms with E-state index in [9.17, 15) is 4.79 Å². The molecule has 0 amide bonds. The number of esters is 1. The molecule has 4 bridgehead atoms. The van der Waals surface area contributed by atoms with Crippen molar-refractivity contribution in [3.8, 4) is 0 Å². The van der Waals surface area contributed by atoms with E-state index in [0.29, 0.717) is 11.8 Å². The molecule has 21 heavy (non-hydrogen) atoms. The molecule has 2 unspecified atom stereocenters. The van der Waals surface area contributed by atoms with Crippen LogP contribution in [0.5, 0.6) is 0 Å². The number of hydrogen-bond acceptors (Lipinski definition) is 3. The molecule has 0 aliphatic heterocycles. The Bertz CT molecular complexity index is 572. The number of benzene rings is 1. The van der Waals surface area contributed by atoms with Crippen molar-refractivity contribution in [3.63, 3.8) is 0 Å². The molecule has 0 spiro atoms. The molecular weight excluding hydrogens is 262 g/mol. The summed E-state index contributed by atoms with van der Waals surface area (Å²) in [5.41, 5.74) is 2.71.